The molecule has 0 radical (unpaired) electrons. The standard InChI is InChI=1S/C14H16ClN5OS/c1-7(16)3-10-8(2)11-12(22-10)13(20-14(15)19-11)18-5-9-4-17-6-21-9/h4,6-7H,3,5,16H2,1-2H3,(H,18,19,20). The molecule has 0 fully saturated rings. The monoisotopic (exact) mass is 337 g/mol. The zero-order chi connectivity index (χ0) is 15.7. The van der Waals surface area contributed by atoms with Crippen LogP contribution in [-0.4, -0.2) is 21.0 Å². The van der Waals surface area contributed by atoms with Gasteiger partial charge in [0.25, 0.3) is 0 Å². The average molecular weight is 338 g/mol. The first-order valence-electron chi connectivity index (χ1n) is 6.87. The van der Waals surface area contributed by atoms with Crippen LogP contribution in [0.25, 0.3) is 10.2 Å². The zero-order valence-electron chi connectivity index (χ0n) is 12.3. The molecule has 0 amide bonds. The maximum absolute atomic E-state index is 6.05. The van der Waals surface area contributed by atoms with Gasteiger partial charge in [-0.2, -0.15) is 4.98 Å². The van der Waals surface area contributed by atoms with Gasteiger partial charge in [-0.1, -0.05) is 0 Å². The number of thiophene rings is 1. The Hall–Kier alpha value is -1.70. The molecule has 0 bridgehead atoms. The molecule has 22 heavy (non-hydrogen) atoms. The fourth-order valence-corrected chi connectivity index (χ4v) is 3.73. The van der Waals surface area contributed by atoms with Crippen molar-refractivity contribution in [1.29, 1.82) is 0 Å². The van der Waals surface area contributed by atoms with Crippen molar-refractivity contribution in [3.05, 3.63) is 34.1 Å². The lowest BCUT2D eigenvalue weighted by molar-refractivity contribution is 0.511. The van der Waals surface area contributed by atoms with E-state index in [4.69, 9.17) is 21.8 Å². The van der Waals surface area contributed by atoms with Gasteiger partial charge >= 0.3 is 0 Å². The molecule has 1 unspecified atom stereocenters. The maximum atomic E-state index is 6.05. The number of aromatic nitrogens is 3. The largest absolute Gasteiger partial charge is 0.447 e. The molecule has 3 N–H and O–H groups in total. The Balaban J connectivity index is 1.98. The molecule has 0 aromatic carbocycles. The number of aryl methyl sites for hydroxylation is 1. The molecule has 8 heteroatoms. The van der Waals surface area contributed by atoms with Crippen LogP contribution in [0.1, 0.15) is 23.1 Å². The van der Waals surface area contributed by atoms with Crippen molar-refractivity contribution in [3.8, 4) is 0 Å². The van der Waals surface area contributed by atoms with Crippen LogP contribution in [0, 0.1) is 6.92 Å². The third-order valence-corrected chi connectivity index (χ3v) is 4.74. The van der Waals surface area contributed by atoms with Gasteiger partial charge in [-0.3, -0.25) is 0 Å². The van der Waals surface area contributed by atoms with Crippen molar-refractivity contribution in [1.82, 2.24) is 15.0 Å². The van der Waals surface area contributed by atoms with Gasteiger partial charge in [-0.05, 0) is 37.4 Å². The minimum Gasteiger partial charge on any atom is -0.447 e. The van der Waals surface area contributed by atoms with Gasteiger partial charge in [0.2, 0.25) is 5.28 Å². The number of hydrogen-bond donors (Lipinski definition) is 2. The molecule has 1 atom stereocenters. The van der Waals surface area contributed by atoms with Crippen LogP contribution in [0.3, 0.4) is 0 Å². The summed E-state index contributed by atoms with van der Waals surface area (Å²) in [6.07, 6.45) is 3.87. The quantitative estimate of drug-likeness (QED) is 0.695. The summed E-state index contributed by atoms with van der Waals surface area (Å²) < 4.78 is 6.20. The van der Waals surface area contributed by atoms with E-state index in [2.05, 4.69) is 20.3 Å². The van der Waals surface area contributed by atoms with Crippen LogP contribution in [0.2, 0.25) is 5.28 Å². The van der Waals surface area contributed by atoms with Crippen LogP contribution < -0.4 is 11.1 Å². The summed E-state index contributed by atoms with van der Waals surface area (Å²) in [5, 5.41) is 3.46. The van der Waals surface area contributed by atoms with Crippen LogP contribution in [-0.2, 0) is 13.0 Å². The van der Waals surface area contributed by atoms with E-state index in [1.807, 2.05) is 13.8 Å². The van der Waals surface area contributed by atoms with Gasteiger partial charge in [-0.15, -0.1) is 11.3 Å². The summed E-state index contributed by atoms with van der Waals surface area (Å²) in [4.78, 5) is 13.8. The second-order valence-electron chi connectivity index (χ2n) is 5.17. The number of anilines is 1. The number of nitrogens with two attached hydrogens (primary N) is 1. The van der Waals surface area contributed by atoms with Gasteiger partial charge < -0.3 is 15.5 Å². The molecule has 0 aliphatic heterocycles. The molecule has 3 aromatic heterocycles. The fourth-order valence-electron chi connectivity index (χ4n) is 2.21. The summed E-state index contributed by atoms with van der Waals surface area (Å²) in [7, 11) is 0. The minimum atomic E-state index is 0.0980. The third-order valence-electron chi connectivity index (χ3n) is 3.26. The Bertz CT molecular complexity index is 784. The van der Waals surface area contributed by atoms with E-state index >= 15 is 0 Å². The SMILES string of the molecule is Cc1c(CC(C)N)sc2c(NCc3cnco3)nc(Cl)nc12. The van der Waals surface area contributed by atoms with Gasteiger partial charge in [0.1, 0.15) is 11.6 Å². The van der Waals surface area contributed by atoms with Gasteiger partial charge in [0.15, 0.2) is 6.39 Å². The predicted molar refractivity (Wildman–Crippen MR) is 88.3 cm³/mol. The van der Waals surface area contributed by atoms with Crippen molar-refractivity contribution in [2.45, 2.75) is 32.9 Å². The van der Waals surface area contributed by atoms with E-state index in [-0.39, 0.29) is 11.3 Å². The van der Waals surface area contributed by atoms with Gasteiger partial charge in [0, 0.05) is 10.9 Å². The van der Waals surface area contributed by atoms with Crippen LogP contribution in [0.5, 0.6) is 0 Å². The molecule has 0 saturated carbocycles. The van der Waals surface area contributed by atoms with Gasteiger partial charge in [0.05, 0.1) is 23.0 Å². The van der Waals surface area contributed by atoms with Crippen molar-refractivity contribution < 1.29 is 4.42 Å². The normalized spacial score (nSPS) is 12.7. The highest BCUT2D eigenvalue weighted by atomic mass is 35.5. The molecule has 3 heterocycles. The molecule has 3 aromatic rings. The van der Waals surface area contributed by atoms with E-state index in [0.29, 0.717) is 12.4 Å². The third kappa shape index (κ3) is 3.06. The molecular weight excluding hydrogens is 322 g/mol. The lowest BCUT2D eigenvalue weighted by atomic mass is 10.1. The van der Waals surface area contributed by atoms with E-state index in [1.165, 1.54) is 11.3 Å². The first-order chi connectivity index (χ1) is 10.5. The Kier molecular flexibility index (Phi) is 4.28. The number of hydrogen-bond acceptors (Lipinski definition) is 7. The highest BCUT2D eigenvalue weighted by molar-refractivity contribution is 7.19. The van der Waals surface area contributed by atoms with E-state index in [1.54, 1.807) is 17.5 Å². The maximum Gasteiger partial charge on any atom is 0.224 e. The number of fused-ring (bicyclic) bond motifs is 1. The topological polar surface area (TPSA) is 89.9 Å². The van der Waals surface area contributed by atoms with E-state index < -0.39 is 0 Å². The second-order valence-corrected chi connectivity index (χ2v) is 6.62. The molecule has 0 spiro atoms. The van der Waals surface area contributed by atoms with Gasteiger partial charge in [-0.25, -0.2) is 9.97 Å². The summed E-state index contributed by atoms with van der Waals surface area (Å²) in [5.74, 6) is 1.43. The van der Waals surface area contributed by atoms with Crippen LogP contribution >= 0.6 is 22.9 Å². The van der Waals surface area contributed by atoms with Crippen molar-refractivity contribution in [2.24, 2.45) is 5.73 Å². The number of nitrogens with zero attached hydrogens (tertiary/aromatic N) is 3. The minimum absolute atomic E-state index is 0.0980. The molecule has 116 valence electrons. The fraction of sp³-hybridized carbons (Fsp3) is 0.357. The lowest BCUT2D eigenvalue weighted by Crippen LogP contribution is -2.17. The Morgan fingerprint density at radius 1 is 1.45 bits per heavy atom. The van der Waals surface area contributed by atoms with Crippen molar-refractivity contribution >= 4 is 39.0 Å². The lowest BCUT2D eigenvalue weighted by Gasteiger charge is -2.04. The van der Waals surface area contributed by atoms with E-state index in [9.17, 15) is 0 Å². The first kappa shape index (κ1) is 15.2. The molecule has 0 aliphatic rings. The van der Waals surface area contributed by atoms with Crippen molar-refractivity contribution in [3.63, 3.8) is 0 Å². The number of oxazole rings is 1. The Morgan fingerprint density at radius 2 is 2.27 bits per heavy atom. The van der Waals surface area contributed by atoms with Crippen LogP contribution in [0.15, 0.2) is 17.0 Å². The zero-order valence-corrected chi connectivity index (χ0v) is 13.8. The number of rotatable bonds is 5. The Morgan fingerprint density at radius 3 is 2.95 bits per heavy atom. The molecule has 3 rings (SSSR count). The average Bonchev–Trinajstić information content (AvgIpc) is 3.07. The predicted octanol–water partition coefficient (Wildman–Crippen LogP) is 3.14. The highest BCUT2D eigenvalue weighted by Gasteiger charge is 2.16. The first-order valence-corrected chi connectivity index (χ1v) is 8.06. The smallest absolute Gasteiger partial charge is 0.224 e. The van der Waals surface area contributed by atoms with E-state index in [0.717, 1.165) is 28.0 Å². The summed E-state index contributed by atoms with van der Waals surface area (Å²) in [5.41, 5.74) is 7.91. The summed E-state index contributed by atoms with van der Waals surface area (Å²) in [6, 6.07) is 0.0980. The second kappa shape index (κ2) is 6.20. The molecular formula is C14H16ClN5OS. The molecule has 0 aliphatic carbocycles. The van der Waals surface area contributed by atoms with Crippen molar-refractivity contribution in [2.75, 3.05) is 5.32 Å². The Labute approximate surface area is 136 Å². The summed E-state index contributed by atoms with van der Waals surface area (Å²) in [6.45, 7) is 4.52. The number of halogens is 1. The highest BCUT2D eigenvalue weighted by Crippen LogP contribution is 2.35. The van der Waals surface area contributed by atoms with Crippen LogP contribution in [0.4, 0.5) is 5.82 Å². The number of nitrogens with one attached hydrogen (secondary N) is 1. The molecule has 0 saturated heterocycles. The summed E-state index contributed by atoms with van der Waals surface area (Å²) >= 11 is 7.71. The molecule has 6 nitrogen and oxygen atoms in total.